The Labute approximate surface area is 363 Å². The molecule has 0 fully saturated rings. The van der Waals surface area contributed by atoms with Gasteiger partial charge in [0, 0.05) is 42.4 Å². The molecule has 0 saturated heterocycles. The van der Waals surface area contributed by atoms with Gasteiger partial charge in [0.15, 0.2) is 0 Å². The highest BCUT2D eigenvalue weighted by atomic mass is 32.1. The molecule has 10 aromatic rings. The summed E-state index contributed by atoms with van der Waals surface area (Å²) >= 11 is 1.87. The van der Waals surface area contributed by atoms with Crippen molar-refractivity contribution in [1.29, 1.82) is 0 Å². The van der Waals surface area contributed by atoms with Crippen LogP contribution in [-0.4, -0.2) is 0 Å². The van der Waals surface area contributed by atoms with E-state index in [1.807, 2.05) is 11.3 Å². The van der Waals surface area contributed by atoms with Gasteiger partial charge in [-0.1, -0.05) is 180 Å². The van der Waals surface area contributed by atoms with Crippen LogP contribution in [0.15, 0.2) is 194 Å². The van der Waals surface area contributed by atoms with Crippen LogP contribution >= 0.6 is 11.3 Å². The molecule has 9 aromatic carbocycles. The standard InChI is InChI=1S/C59H47NS/c1-58(2,3)43-28-23-38(24-29-43)41-26-32-53(48(35-41)39-15-7-6-8-16-39)60(44-30-31-52-49(37-44)46-19-11-13-21-51(46)59(52,4)5)54-33-25-40-17-9-10-18-45(40)57(54)42-27-34-56-50(36-42)47-20-12-14-22-55(47)61-56/h6-37H,1-5H3. The van der Waals surface area contributed by atoms with Crippen LogP contribution in [-0.2, 0) is 10.8 Å². The lowest BCUT2D eigenvalue weighted by Gasteiger charge is -2.32. The smallest absolute Gasteiger partial charge is 0.0546 e. The third-order valence-corrected chi connectivity index (χ3v) is 14.2. The second-order valence-electron chi connectivity index (χ2n) is 18.2. The first-order valence-electron chi connectivity index (χ1n) is 21.4. The van der Waals surface area contributed by atoms with E-state index >= 15 is 0 Å². The minimum absolute atomic E-state index is 0.0856. The van der Waals surface area contributed by atoms with Crippen LogP contribution in [0, 0.1) is 0 Å². The molecule has 0 bridgehead atoms. The van der Waals surface area contributed by atoms with E-state index in [1.165, 1.54) is 92.1 Å². The molecule has 0 unspecified atom stereocenters. The fourth-order valence-corrected chi connectivity index (χ4v) is 10.9. The maximum atomic E-state index is 2.54. The highest BCUT2D eigenvalue weighted by Crippen LogP contribution is 2.53. The molecule has 1 nitrogen and oxygen atoms in total. The lowest BCUT2D eigenvalue weighted by molar-refractivity contribution is 0.590. The molecule has 294 valence electrons. The largest absolute Gasteiger partial charge is 0.309 e. The van der Waals surface area contributed by atoms with Crippen LogP contribution in [0.3, 0.4) is 0 Å². The lowest BCUT2D eigenvalue weighted by Crippen LogP contribution is -2.16. The van der Waals surface area contributed by atoms with Crippen LogP contribution < -0.4 is 4.90 Å². The Hall–Kier alpha value is -6.74. The van der Waals surface area contributed by atoms with E-state index in [4.69, 9.17) is 0 Å². The summed E-state index contributed by atoms with van der Waals surface area (Å²) in [6.07, 6.45) is 0. The minimum Gasteiger partial charge on any atom is -0.309 e. The molecule has 0 saturated carbocycles. The topological polar surface area (TPSA) is 3.24 Å². The minimum atomic E-state index is -0.0957. The van der Waals surface area contributed by atoms with Crippen LogP contribution in [0.25, 0.3) is 75.5 Å². The number of fused-ring (bicyclic) bond motifs is 7. The maximum absolute atomic E-state index is 2.54. The quantitative estimate of drug-likeness (QED) is 0.162. The monoisotopic (exact) mass is 801 g/mol. The van der Waals surface area contributed by atoms with Crippen LogP contribution in [0.1, 0.15) is 51.3 Å². The van der Waals surface area contributed by atoms with Crippen molar-refractivity contribution in [2.24, 2.45) is 0 Å². The maximum Gasteiger partial charge on any atom is 0.0546 e. The first-order valence-corrected chi connectivity index (χ1v) is 22.2. The molecule has 0 spiro atoms. The van der Waals surface area contributed by atoms with Gasteiger partial charge in [-0.15, -0.1) is 11.3 Å². The second kappa shape index (κ2) is 14.2. The lowest BCUT2D eigenvalue weighted by atomic mass is 9.82. The SMILES string of the molecule is CC(C)(C)c1ccc(-c2ccc(N(c3ccc4c(c3)-c3ccccc3C4(C)C)c3ccc4ccccc4c3-c3ccc4sc5ccccc5c4c3)c(-c3ccccc3)c2)cc1. The number of thiophene rings is 1. The highest BCUT2D eigenvalue weighted by molar-refractivity contribution is 7.25. The fourth-order valence-electron chi connectivity index (χ4n) is 9.81. The van der Waals surface area contributed by atoms with Gasteiger partial charge in [0.25, 0.3) is 0 Å². The van der Waals surface area contributed by atoms with Crippen molar-refractivity contribution in [3.8, 4) is 44.5 Å². The summed E-state index contributed by atoms with van der Waals surface area (Å²) in [5, 5.41) is 5.05. The van der Waals surface area contributed by atoms with E-state index in [1.54, 1.807) is 0 Å². The summed E-state index contributed by atoms with van der Waals surface area (Å²) in [7, 11) is 0. The van der Waals surface area contributed by atoms with Crippen molar-refractivity contribution in [2.45, 2.75) is 45.4 Å². The Balaban J connectivity index is 1.21. The van der Waals surface area contributed by atoms with Gasteiger partial charge in [-0.05, 0) is 115 Å². The predicted molar refractivity (Wildman–Crippen MR) is 264 cm³/mol. The summed E-state index contributed by atoms with van der Waals surface area (Å²) in [6, 6.07) is 72.8. The van der Waals surface area contributed by atoms with E-state index in [2.05, 4.69) is 234 Å². The molecule has 1 aromatic heterocycles. The second-order valence-corrected chi connectivity index (χ2v) is 19.2. The van der Waals surface area contributed by atoms with Crippen molar-refractivity contribution < 1.29 is 0 Å². The molecule has 2 heteroatoms. The van der Waals surface area contributed by atoms with Gasteiger partial charge in [0.05, 0.1) is 11.4 Å². The summed E-state index contributed by atoms with van der Waals surface area (Å²) in [5.41, 5.74) is 17.3. The highest BCUT2D eigenvalue weighted by Gasteiger charge is 2.36. The Bertz CT molecular complexity index is 3310. The molecule has 0 radical (unpaired) electrons. The molecule has 0 aliphatic heterocycles. The molecule has 1 heterocycles. The average molecular weight is 802 g/mol. The molecule has 0 atom stereocenters. The number of hydrogen-bond acceptors (Lipinski definition) is 2. The van der Waals surface area contributed by atoms with Gasteiger partial charge in [-0.2, -0.15) is 0 Å². The summed E-state index contributed by atoms with van der Waals surface area (Å²) in [4.78, 5) is 2.54. The number of rotatable bonds is 6. The number of hydrogen-bond donors (Lipinski definition) is 0. The van der Waals surface area contributed by atoms with Gasteiger partial charge in [0.1, 0.15) is 0 Å². The van der Waals surface area contributed by atoms with E-state index in [9.17, 15) is 0 Å². The molecule has 0 amide bonds. The van der Waals surface area contributed by atoms with Crippen molar-refractivity contribution in [2.75, 3.05) is 4.90 Å². The zero-order valence-corrected chi connectivity index (χ0v) is 36.1. The molecule has 61 heavy (non-hydrogen) atoms. The van der Waals surface area contributed by atoms with E-state index in [0.717, 1.165) is 17.1 Å². The summed E-state index contributed by atoms with van der Waals surface area (Å²) in [6.45, 7) is 11.6. The van der Waals surface area contributed by atoms with Crippen LogP contribution in [0.4, 0.5) is 17.1 Å². The van der Waals surface area contributed by atoms with E-state index < -0.39 is 0 Å². The van der Waals surface area contributed by atoms with Gasteiger partial charge in [-0.25, -0.2) is 0 Å². The van der Waals surface area contributed by atoms with Crippen LogP contribution in [0.5, 0.6) is 0 Å². The Morgan fingerprint density at radius 2 is 1.08 bits per heavy atom. The van der Waals surface area contributed by atoms with Crippen molar-refractivity contribution in [1.82, 2.24) is 0 Å². The number of nitrogens with zero attached hydrogens (tertiary/aromatic N) is 1. The molecule has 0 N–H and O–H groups in total. The van der Waals surface area contributed by atoms with Crippen LogP contribution in [0.2, 0.25) is 0 Å². The Morgan fingerprint density at radius 1 is 0.426 bits per heavy atom. The van der Waals surface area contributed by atoms with Crippen molar-refractivity contribution >= 4 is 59.3 Å². The number of benzene rings is 9. The third kappa shape index (κ3) is 6.20. The molecular weight excluding hydrogens is 755 g/mol. The Kier molecular flexibility index (Phi) is 8.67. The summed E-state index contributed by atoms with van der Waals surface area (Å²) < 4.78 is 2.62. The normalized spacial score (nSPS) is 13.1. The van der Waals surface area contributed by atoms with Gasteiger partial charge >= 0.3 is 0 Å². The van der Waals surface area contributed by atoms with Gasteiger partial charge < -0.3 is 4.90 Å². The fraction of sp³-hybridized carbons (Fsp3) is 0.119. The van der Waals surface area contributed by atoms with Crippen molar-refractivity contribution in [3.05, 3.63) is 211 Å². The molecule has 1 aliphatic rings. The molecular formula is C59H47NS. The van der Waals surface area contributed by atoms with E-state index in [0.29, 0.717) is 0 Å². The van der Waals surface area contributed by atoms with Crippen molar-refractivity contribution in [3.63, 3.8) is 0 Å². The zero-order valence-electron chi connectivity index (χ0n) is 35.3. The first-order chi connectivity index (χ1) is 29.6. The van der Waals surface area contributed by atoms with E-state index in [-0.39, 0.29) is 10.8 Å². The molecule has 11 rings (SSSR count). The summed E-state index contributed by atoms with van der Waals surface area (Å²) in [5.74, 6) is 0. The third-order valence-electron chi connectivity index (χ3n) is 13.0. The zero-order chi connectivity index (χ0) is 41.5. The molecule has 1 aliphatic carbocycles. The average Bonchev–Trinajstić information content (AvgIpc) is 3.77. The van der Waals surface area contributed by atoms with Gasteiger partial charge in [-0.3, -0.25) is 0 Å². The van der Waals surface area contributed by atoms with Gasteiger partial charge in [0.2, 0.25) is 0 Å². The Morgan fingerprint density at radius 3 is 1.90 bits per heavy atom. The number of anilines is 3. The predicted octanol–water partition coefficient (Wildman–Crippen LogP) is 17.3. The first kappa shape index (κ1) is 37.3.